The summed E-state index contributed by atoms with van der Waals surface area (Å²) in [4.78, 5) is 0. The summed E-state index contributed by atoms with van der Waals surface area (Å²) in [6.07, 6.45) is 10.9. The fraction of sp³-hybridized carbons (Fsp3) is 0.647. The van der Waals surface area contributed by atoms with Gasteiger partial charge in [-0.25, -0.2) is 0 Å². The Morgan fingerprint density at radius 3 is 2.21 bits per heavy atom. The molecule has 0 heterocycles. The van der Waals surface area contributed by atoms with E-state index in [4.69, 9.17) is 4.74 Å². The summed E-state index contributed by atoms with van der Waals surface area (Å²) in [7, 11) is 1.72. The van der Waals surface area contributed by atoms with E-state index >= 15 is 0 Å². The number of unbranched alkanes of at least 4 members (excludes halogenated alkanes) is 7. The van der Waals surface area contributed by atoms with E-state index in [0.29, 0.717) is 0 Å². The van der Waals surface area contributed by atoms with Gasteiger partial charge in [0.2, 0.25) is 0 Å². The zero-order valence-corrected chi connectivity index (χ0v) is 12.6. The second-order valence-corrected chi connectivity index (χ2v) is 5.10. The number of anilines is 1. The Labute approximate surface area is 118 Å². The molecule has 0 radical (unpaired) electrons. The quantitative estimate of drug-likeness (QED) is 0.551. The van der Waals surface area contributed by atoms with Gasteiger partial charge in [0.1, 0.15) is 5.75 Å². The number of hydrogen-bond donors (Lipinski definition) is 1. The maximum absolute atomic E-state index is 5.32. The molecule has 1 N–H and O–H groups in total. The molecule has 0 bridgehead atoms. The first-order valence-electron chi connectivity index (χ1n) is 7.75. The van der Waals surface area contributed by atoms with Crippen molar-refractivity contribution in [2.45, 2.75) is 58.3 Å². The highest BCUT2D eigenvalue weighted by Crippen LogP contribution is 2.22. The maximum Gasteiger partial charge on any atom is 0.141 e. The Kier molecular flexibility index (Phi) is 8.95. The molecule has 0 fully saturated rings. The third-order valence-electron chi connectivity index (χ3n) is 3.45. The van der Waals surface area contributed by atoms with E-state index in [1.807, 2.05) is 18.2 Å². The van der Waals surface area contributed by atoms with Crippen molar-refractivity contribution >= 4 is 5.69 Å². The van der Waals surface area contributed by atoms with E-state index in [1.54, 1.807) is 7.11 Å². The van der Waals surface area contributed by atoms with Crippen LogP contribution in [0.2, 0.25) is 0 Å². The zero-order chi connectivity index (χ0) is 13.8. The average Bonchev–Trinajstić information content (AvgIpc) is 2.46. The molecule has 0 unspecified atom stereocenters. The second-order valence-electron chi connectivity index (χ2n) is 5.10. The molecule has 0 amide bonds. The van der Waals surface area contributed by atoms with Crippen LogP contribution in [0.25, 0.3) is 0 Å². The summed E-state index contributed by atoms with van der Waals surface area (Å²) in [6, 6.07) is 8.11. The first-order valence-corrected chi connectivity index (χ1v) is 7.75. The molecule has 2 nitrogen and oxygen atoms in total. The average molecular weight is 263 g/mol. The van der Waals surface area contributed by atoms with E-state index in [2.05, 4.69) is 18.3 Å². The van der Waals surface area contributed by atoms with Gasteiger partial charge in [0.05, 0.1) is 12.8 Å². The number of methoxy groups -OCH3 is 1. The first-order chi connectivity index (χ1) is 9.38. The van der Waals surface area contributed by atoms with Crippen molar-refractivity contribution in [1.82, 2.24) is 0 Å². The topological polar surface area (TPSA) is 21.3 Å². The van der Waals surface area contributed by atoms with Crippen molar-refractivity contribution in [1.29, 1.82) is 0 Å². The van der Waals surface area contributed by atoms with Crippen LogP contribution in [0.1, 0.15) is 58.3 Å². The van der Waals surface area contributed by atoms with E-state index in [9.17, 15) is 0 Å². The van der Waals surface area contributed by atoms with Crippen LogP contribution in [0.5, 0.6) is 5.75 Å². The van der Waals surface area contributed by atoms with Gasteiger partial charge in [-0.15, -0.1) is 0 Å². The summed E-state index contributed by atoms with van der Waals surface area (Å²) in [5, 5.41) is 3.45. The molecule has 2 heteroatoms. The van der Waals surface area contributed by atoms with Crippen LogP contribution >= 0.6 is 0 Å². The standard InChI is InChI=1S/C17H29NO/c1-3-4-5-6-7-8-9-12-15-18-16-13-10-11-14-17(16)19-2/h10-11,13-14,18H,3-9,12,15H2,1-2H3. The summed E-state index contributed by atoms with van der Waals surface area (Å²) >= 11 is 0. The van der Waals surface area contributed by atoms with Crippen LogP contribution in [0.3, 0.4) is 0 Å². The lowest BCUT2D eigenvalue weighted by Gasteiger charge is -2.10. The Morgan fingerprint density at radius 1 is 0.895 bits per heavy atom. The lowest BCUT2D eigenvalue weighted by molar-refractivity contribution is 0.416. The van der Waals surface area contributed by atoms with Crippen LogP contribution in [0, 0.1) is 0 Å². The molecule has 1 aromatic carbocycles. The monoisotopic (exact) mass is 263 g/mol. The predicted octanol–water partition coefficient (Wildman–Crippen LogP) is 5.25. The van der Waals surface area contributed by atoms with E-state index in [1.165, 1.54) is 51.4 Å². The molecule has 0 atom stereocenters. The molecule has 0 aliphatic rings. The van der Waals surface area contributed by atoms with Gasteiger partial charge in [0, 0.05) is 6.54 Å². The summed E-state index contributed by atoms with van der Waals surface area (Å²) in [6.45, 7) is 3.30. The van der Waals surface area contributed by atoms with Crippen molar-refractivity contribution < 1.29 is 4.74 Å². The minimum atomic E-state index is 0.932. The molecular formula is C17H29NO. The fourth-order valence-electron chi connectivity index (χ4n) is 2.27. The summed E-state index contributed by atoms with van der Waals surface area (Å²) in [5.41, 5.74) is 1.10. The Balaban J connectivity index is 2.01. The van der Waals surface area contributed by atoms with E-state index in [0.717, 1.165) is 18.0 Å². The Hall–Kier alpha value is -1.18. The third kappa shape index (κ3) is 7.09. The van der Waals surface area contributed by atoms with Crippen LogP contribution in [0.15, 0.2) is 24.3 Å². The van der Waals surface area contributed by atoms with Crippen LogP contribution in [0.4, 0.5) is 5.69 Å². The molecule has 108 valence electrons. The highest BCUT2D eigenvalue weighted by Gasteiger charge is 1.99. The van der Waals surface area contributed by atoms with Crippen molar-refractivity contribution in [3.63, 3.8) is 0 Å². The predicted molar refractivity (Wildman–Crippen MR) is 84.1 cm³/mol. The molecule has 0 spiro atoms. The molecule has 1 aromatic rings. The minimum Gasteiger partial charge on any atom is -0.495 e. The second kappa shape index (κ2) is 10.7. The van der Waals surface area contributed by atoms with Crippen molar-refractivity contribution in [2.24, 2.45) is 0 Å². The molecule has 0 saturated carbocycles. The lowest BCUT2D eigenvalue weighted by Crippen LogP contribution is -2.02. The highest BCUT2D eigenvalue weighted by molar-refractivity contribution is 5.55. The van der Waals surface area contributed by atoms with Gasteiger partial charge in [0.25, 0.3) is 0 Å². The van der Waals surface area contributed by atoms with Gasteiger partial charge in [-0.1, -0.05) is 64.0 Å². The van der Waals surface area contributed by atoms with E-state index in [-0.39, 0.29) is 0 Å². The van der Waals surface area contributed by atoms with Gasteiger partial charge in [-0.2, -0.15) is 0 Å². The van der Waals surface area contributed by atoms with Gasteiger partial charge in [0.15, 0.2) is 0 Å². The maximum atomic E-state index is 5.32. The molecule has 0 aromatic heterocycles. The first kappa shape index (κ1) is 15.9. The third-order valence-corrected chi connectivity index (χ3v) is 3.45. The normalized spacial score (nSPS) is 10.4. The van der Waals surface area contributed by atoms with Crippen LogP contribution in [-0.2, 0) is 0 Å². The molecule has 0 aliphatic carbocycles. The van der Waals surface area contributed by atoms with Crippen LogP contribution < -0.4 is 10.1 Å². The lowest BCUT2D eigenvalue weighted by atomic mass is 10.1. The van der Waals surface area contributed by atoms with E-state index < -0.39 is 0 Å². The summed E-state index contributed by atoms with van der Waals surface area (Å²) in [5.74, 6) is 0.932. The number of benzene rings is 1. The molecular weight excluding hydrogens is 234 g/mol. The Morgan fingerprint density at radius 2 is 1.53 bits per heavy atom. The number of para-hydroxylation sites is 2. The molecule has 1 rings (SSSR count). The van der Waals surface area contributed by atoms with Crippen molar-refractivity contribution in [3.05, 3.63) is 24.3 Å². The SMILES string of the molecule is CCCCCCCCCCNc1ccccc1OC. The van der Waals surface area contributed by atoms with Gasteiger partial charge >= 0.3 is 0 Å². The molecule has 0 aliphatic heterocycles. The highest BCUT2D eigenvalue weighted by atomic mass is 16.5. The van der Waals surface area contributed by atoms with Gasteiger partial charge in [-0.3, -0.25) is 0 Å². The zero-order valence-electron chi connectivity index (χ0n) is 12.6. The number of ether oxygens (including phenoxy) is 1. The Bertz CT molecular complexity index is 325. The van der Waals surface area contributed by atoms with Crippen LogP contribution in [-0.4, -0.2) is 13.7 Å². The molecule has 19 heavy (non-hydrogen) atoms. The number of nitrogens with one attached hydrogen (secondary N) is 1. The largest absolute Gasteiger partial charge is 0.495 e. The summed E-state index contributed by atoms with van der Waals surface area (Å²) < 4.78 is 5.32. The molecule has 0 saturated heterocycles. The van der Waals surface area contributed by atoms with Gasteiger partial charge < -0.3 is 10.1 Å². The number of rotatable bonds is 11. The number of hydrogen-bond acceptors (Lipinski definition) is 2. The smallest absolute Gasteiger partial charge is 0.141 e. The minimum absolute atomic E-state index is 0.932. The van der Waals surface area contributed by atoms with Gasteiger partial charge in [-0.05, 0) is 18.6 Å². The van der Waals surface area contributed by atoms with Crippen molar-refractivity contribution in [3.8, 4) is 5.75 Å². The van der Waals surface area contributed by atoms with Crippen molar-refractivity contribution in [2.75, 3.05) is 19.0 Å². The fourth-order valence-corrected chi connectivity index (χ4v) is 2.27.